The average molecular weight is 256 g/mol. The molecule has 0 radical (unpaired) electrons. The summed E-state index contributed by atoms with van der Waals surface area (Å²) in [6.45, 7) is 14.7. The van der Waals surface area contributed by atoms with Crippen molar-refractivity contribution in [2.24, 2.45) is 0 Å². The van der Waals surface area contributed by atoms with Crippen LogP contribution in [0, 0.1) is 0 Å². The lowest BCUT2D eigenvalue weighted by Crippen LogP contribution is -2.69. The van der Waals surface area contributed by atoms with Gasteiger partial charge in [0.05, 0.1) is 6.10 Å². The fourth-order valence-electron chi connectivity index (χ4n) is 2.96. The van der Waals surface area contributed by atoms with E-state index in [9.17, 15) is 0 Å². The molecule has 3 heteroatoms. The molecule has 1 aliphatic rings. The Balaban J connectivity index is 2.85. The summed E-state index contributed by atoms with van der Waals surface area (Å²) < 4.78 is 5.47. The second-order valence-corrected chi connectivity index (χ2v) is 6.13. The third-order valence-corrected chi connectivity index (χ3v) is 5.03. The second kappa shape index (κ2) is 6.36. The topological polar surface area (TPSA) is 24.5 Å². The van der Waals surface area contributed by atoms with Crippen LogP contribution in [0.15, 0.2) is 0 Å². The Bertz CT molecular complexity index is 253. The Hall–Kier alpha value is -0.120. The van der Waals surface area contributed by atoms with Crippen LogP contribution in [0.25, 0.3) is 0 Å². The predicted octanol–water partition coefficient (Wildman–Crippen LogP) is 2.65. The van der Waals surface area contributed by atoms with E-state index in [1.807, 2.05) is 7.11 Å². The molecule has 18 heavy (non-hydrogen) atoms. The summed E-state index contributed by atoms with van der Waals surface area (Å²) in [5.41, 5.74) is 0.558. The van der Waals surface area contributed by atoms with E-state index in [4.69, 9.17) is 4.74 Å². The van der Waals surface area contributed by atoms with E-state index in [2.05, 4.69) is 44.8 Å². The highest BCUT2D eigenvalue weighted by molar-refractivity contribution is 5.02. The van der Waals surface area contributed by atoms with E-state index in [0.717, 1.165) is 19.6 Å². The Morgan fingerprint density at radius 3 is 2.28 bits per heavy atom. The summed E-state index contributed by atoms with van der Waals surface area (Å²) in [6, 6.07) is 0. The van der Waals surface area contributed by atoms with Gasteiger partial charge in [-0.15, -0.1) is 0 Å². The number of hydrogen-bond donors (Lipinski definition) is 1. The lowest BCUT2D eigenvalue weighted by atomic mass is 9.82. The molecular formula is C15H32N2O. The quantitative estimate of drug-likeness (QED) is 0.791. The maximum absolute atomic E-state index is 5.47. The van der Waals surface area contributed by atoms with Crippen LogP contribution in [0.5, 0.6) is 0 Å². The van der Waals surface area contributed by atoms with Crippen molar-refractivity contribution in [3.8, 4) is 0 Å². The van der Waals surface area contributed by atoms with Crippen LogP contribution in [-0.4, -0.2) is 48.8 Å². The van der Waals surface area contributed by atoms with Gasteiger partial charge in [0.1, 0.15) is 0 Å². The van der Waals surface area contributed by atoms with E-state index < -0.39 is 0 Å². The number of nitrogens with one attached hydrogen (secondary N) is 1. The van der Waals surface area contributed by atoms with Crippen LogP contribution in [0.2, 0.25) is 0 Å². The highest BCUT2D eigenvalue weighted by Gasteiger charge is 2.43. The van der Waals surface area contributed by atoms with Crippen molar-refractivity contribution < 1.29 is 4.74 Å². The molecule has 2 atom stereocenters. The number of hydrogen-bond acceptors (Lipinski definition) is 3. The fraction of sp³-hybridized carbons (Fsp3) is 1.00. The fourth-order valence-corrected chi connectivity index (χ4v) is 2.96. The summed E-state index contributed by atoms with van der Waals surface area (Å²) in [5.74, 6) is 0. The van der Waals surface area contributed by atoms with Crippen LogP contribution in [0.4, 0.5) is 0 Å². The number of rotatable bonds is 6. The molecule has 1 heterocycles. The smallest absolute Gasteiger partial charge is 0.0670 e. The molecule has 1 fully saturated rings. The van der Waals surface area contributed by atoms with Gasteiger partial charge < -0.3 is 10.1 Å². The van der Waals surface area contributed by atoms with Crippen molar-refractivity contribution >= 4 is 0 Å². The molecule has 108 valence electrons. The molecule has 0 aromatic rings. The molecule has 0 aliphatic carbocycles. The van der Waals surface area contributed by atoms with E-state index in [1.54, 1.807) is 0 Å². The van der Waals surface area contributed by atoms with Crippen LogP contribution in [0.1, 0.15) is 53.9 Å². The van der Waals surface area contributed by atoms with Gasteiger partial charge in [-0.2, -0.15) is 0 Å². The number of nitrogens with zero attached hydrogens (tertiary/aromatic N) is 1. The first-order valence-corrected chi connectivity index (χ1v) is 7.48. The van der Waals surface area contributed by atoms with Crippen molar-refractivity contribution in [1.82, 2.24) is 10.2 Å². The number of methoxy groups -OCH3 is 1. The molecule has 0 saturated carbocycles. The van der Waals surface area contributed by atoms with Gasteiger partial charge in [0.2, 0.25) is 0 Å². The van der Waals surface area contributed by atoms with Crippen LogP contribution >= 0.6 is 0 Å². The van der Waals surface area contributed by atoms with Crippen molar-refractivity contribution in [2.75, 3.05) is 26.7 Å². The first-order valence-electron chi connectivity index (χ1n) is 7.48. The first kappa shape index (κ1) is 15.9. The molecule has 0 aromatic heterocycles. The van der Waals surface area contributed by atoms with Gasteiger partial charge in [0, 0.05) is 37.8 Å². The number of piperazine rings is 1. The SMILES string of the molecule is CCC1(C)CN(CC(C)OC)C(CC)(CC)CN1. The van der Waals surface area contributed by atoms with Crippen molar-refractivity contribution in [3.63, 3.8) is 0 Å². The highest BCUT2D eigenvalue weighted by Crippen LogP contribution is 2.31. The number of ether oxygens (including phenoxy) is 1. The molecule has 0 aromatic carbocycles. The van der Waals surface area contributed by atoms with Crippen molar-refractivity contribution in [3.05, 3.63) is 0 Å². The van der Waals surface area contributed by atoms with E-state index in [-0.39, 0.29) is 5.54 Å². The molecule has 1 N–H and O–H groups in total. The Kier molecular flexibility index (Phi) is 5.63. The normalized spacial score (nSPS) is 30.3. The zero-order chi connectivity index (χ0) is 13.8. The minimum absolute atomic E-state index is 0.251. The van der Waals surface area contributed by atoms with Gasteiger partial charge >= 0.3 is 0 Å². The molecular weight excluding hydrogens is 224 g/mol. The zero-order valence-electron chi connectivity index (χ0n) is 13.2. The summed E-state index contributed by atoms with van der Waals surface area (Å²) in [7, 11) is 1.81. The minimum atomic E-state index is 0.251. The standard InChI is InChI=1S/C15H32N2O/c1-7-14(5)12-17(10-13(4)18-6)15(8-2,9-3)11-16-14/h13,16H,7-12H2,1-6H3. The first-order chi connectivity index (χ1) is 8.45. The third-order valence-electron chi connectivity index (χ3n) is 5.03. The van der Waals surface area contributed by atoms with Crippen LogP contribution < -0.4 is 5.32 Å². The Labute approximate surface area is 113 Å². The van der Waals surface area contributed by atoms with Gasteiger partial charge in [-0.3, -0.25) is 4.90 Å². The van der Waals surface area contributed by atoms with Gasteiger partial charge in [-0.05, 0) is 33.1 Å². The molecule has 3 nitrogen and oxygen atoms in total. The highest BCUT2D eigenvalue weighted by atomic mass is 16.5. The molecule has 0 bridgehead atoms. The minimum Gasteiger partial charge on any atom is -0.380 e. The van der Waals surface area contributed by atoms with E-state index in [0.29, 0.717) is 11.6 Å². The molecule has 0 spiro atoms. The van der Waals surface area contributed by atoms with Gasteiger partial charge in [0.15, 0.2) is 0 Å². The lowest BCUT2D eigenvalue weighted by molar-refractivity contribution is -0.0314. The maximum Gasteiger partial charge on any atom is 0.0670 e. The van der Waals surface area contributed by atoms with Crippen LogP contribution in [0.3, 0.4) is 0 Å². The average Bonchev–Trinajstić information content (AvgIpc) is 2.40. The monoisotopic (exact) mass is 256 g/mol. The van der Waals surface area contributed by atoms with Gasteiger partial charge in [0.25, 0.3) is 0 Å². The van der Waals surface area contributed by atoms with E-state index >= 15 is 0 Å². The van der Waals surface area contributed by atoms with Crippen molar-refractivity contribution in [2.45, 2.75) is 71.1 Å². The summed E-state index contributed by atoms with van der Waals surface area (Å²) in [6.07, 6.45) is 3.88. The molecule has 0 amide bonds. The van der Waals surface area contributed by atoms with Crippen molar-refractivity contribution in [1.29, 1.82) is 0 Å². The lowest BCUT2D eigenvalue weighted by Gasteiger charge is -2.54. The second-order valence-electron chi connectivity index (χ2n) is 6.13. The summed E-state index contributed by atoms with van der Waals surface area (Å²) in [5, 5.41) is 3.78. The summed E-state index contributed by atoms with van der Waals surface area (Å²) in [4.78, 5) is 2.67. The predicted molar refractivity (Wildman–Crippen MR) is 78.1 cm³/mol. The van der Waals surface area contributed by atoms with Gasteiger partial charge in [-0.25, -0.2) is 0 Å². The summed E-state index contributed by atoms with van der Waals surface area (Å²) >= 11 is 0. The largest absolute Gasteiger partial charge is 0.380 e. The molecule has 2 unspecified atom stereocenters. The van der Waals surface area contributed by atoms with Crippen LogP contribution in [-0.2, 0) is 4.74 Å². The molecule has 1 aliphatic heterocycles. The third kappa shape index (κ3) is 3.25. The molecule has 1 saturated heterocycles. The Morgan fingerprint density at radius 1 is 1.22 bits per heavy atom. The Morgan fingerprint density at radius 2 is 1.83 bits per heavy atom. The maximum atomic E-state index is 5.47. The van der Waals surface area contributed by atoms with E-state index in [1.165, 1.54) is 19.3 Å². The van der Waals surface area contributed by atoms with Gasteiger partial charge in [-0.1, -0.05) is 20.8 Å². The zero-order valence-corrected chi connectivity index (χ0v) is 13.2. The molecule has 1 rings (SSSR count).